The third-order valence-electron chi connectivity index (χ3n) is 4.09. The molecule has 0 saturated heterocycles. The van der Waals surface area contributed by atoms with E-state index in [1.54, 1.807) is 0 Å². The summed E-state index contributed by atoms with van der Waals surface area (Å²) < 4.78 is 5.75. The number of hydrogen-bond acceptors (Lipinski definition) is 3. The van der Waals surface area contributed by atoms with Gasteiger partial charge in [0, 0.05) is 18.1 Å². The molecule has 0 heterocycles. The molecule has 0 aliphatic heterocycles. The number of ether oxygens (including phenoxy) is 1. The highest BCUT2D eigenvalue weighted by atomic mass is 16.5. The van der Waals surface area contributed by atoms with Gasteiger partial charge in [-0.2, -0.15) is 0 Å². The summed E-state index contributed by atoms with van der Waals surface area (Å²) >= 11 is 0. The maximum Gasteiger partial charge on any atom is 0.0662 e. The number of nitrogens with one attached hydrogen (secondary N) is 1. The molecule has 82 valence electrons. The second-order valence-corrected chi connectivity index (χ2v) is 4.66. The van der Waals surface area contributed by atoms with Gasteiger partial charge >= 0.3 is 0 Å². The molecule has 0 aromatic heterocycles. The van der Waals surface area contributed by atoms with Gasteiger partial charge in [0.25, 0.3) is 0 Å². The van der Waals surface area contributed by atoms with E-state index in [2.05, 4.69) is 12.4 Å². The van der Waals surface area contributed by atoms with Crippen LogP contribution in [-0.4, -0.2) is 24.0 Å². The first-order valence-corrected chi connectivity index (χ1v) is 5.84. The fourth-order valence-electron chi connectivity index (χ4n) is 3.24. The highest BCUT2D eigenvalue weighted by Gasteiger charge is 2.55. The predicted molar refractivity (Wildman–Crippen MR) is 54.3 cm³/mol. The van der Waals surface area contributed by atoms with Crippen LogP contribution in [0, 0.1) is 5.41 Å². The fourth-order valence-corrected chi connectivity index (χ4v) is 3.24. The maximum absolute atomic E-state index is 9.08. The summed E-state index contributed by atoms with van der Waals surface area (Å²) in [5, 5.41) is 9.08. The van der Waals surface area contributed by atoms with Gasteiger partial charge in [-0.3, -0.25) is 0 Å². The monoisotopic (exact) mass is 199 g/mol. The molecule has 0 radical (unpaired) electrons. The minimum Gasteiger partial charge on any atom is -0.378 e. The van der Waals surface area contributed by atoms with Crippen molar-refractivity contribution in [2.75, 3.05) is 6.61 Å². The summed E-state index contributed by atoms with van der Waals surface area (Å²) in [5.74, 6) is 0. The summed E-state index contributed by atoms with van der Waals surface area (Å²) in [6, 6.07) is 0.277. The van der Waals surface area contributed by atoms with E-state index in [1.165, 1.54) is 32.1 Å². The molecule has 2 rings (SSSR count). The van der Waals surface area contributed by atoms with Crippen molar-refractivity contribution in [1.29, 1.82) is 0 Å². The summed E-state index contributed by atoms with van der Waals surface area (Å²) in [5.41, 5.74) is 2.72. The lowest BCUT2D eigenvalue weighted by Crippen LogP contribution is -2.63. The van der Waals surface area contributed by atoms with E-state index in [0.717, 1.165) is 13.0 Å². The zero-order valence-electron chi connectivity index (χ0n) is 8.96. The standard InChI is InChI=1S/C11H21NO2/c1-2-14-10-8-9(12-13)11(10)6-4-3-5-7-11/h9-10,12-13H,2-8H2,1H3. The molecule has 0 aromatic carbocycles. The zero-order chi connectivity index (χ0) is 10.0. The number of hydrogen-bond donors (Lipinski definition) is 2. The van der Waals surface area contributed by atoms with Gasteiger partial charge in [-0.25, -0.2) is 5.48 Å². The van der Waals surface area contributed by atoms with Crippen LogP contribution in [0.25, 0.3) is 0 Å². The molecule has 2 fully saturated rings. The van der Waals surface area contributed by atoms with Crippen LogP contribution >= 0.6 is 0 Å². The molecular formula is C11H21NO2. The Morgan fingerprint density at radius 2 is 2.07 bits per heavy atom. The molecule has 1 spiro atoms. The quantitative estimate of drug-likeness (QED) is 0.684. The normalized spacial score (nSPS) is 35.6. The van der Waals surface area contributed by atoms with Crippen LogP contribution in [0.15, 0.2) is 0 Å². The Morgan fingerprint density at radius 1 is 1.36 bits per heavy atom. The Bertz CT molecular complexity index is 190. The Morgan fingerprint density at radius 3 is 2.64 bits per heavy atom. The largest absolute Gasteiger partial charge is 0.378 e. The van der Waals surface area contributed by atoms with Gasteiger partial charge < -0.3 is 9.94 Å². The van der Waals surface area contributed by atoms with Crippen LogP contribution in [0.1, 0.15) is 45.4 Å². The molecule has 2 unspecified atom stereocenters. The second kappa shape index (κ2) is 4.17. The molecule has 2 atom stereocenters. The smallest absolute Gasteiger partial charge is 0.0662 e. The van der Waals surface area contributed by atoms with Crippen molar-refractivity contribution >= 4 is 0 Å². The second-order valence-electron chi connectivity index (χ2n) is 4.66. The first-order chi connectivity index (χ1) is 6.83. The van der Waals surface area contributed by atoms with E-state index < -0.39 is 0 Å². The van der Waals surface area contributed by atoms with Crippen LogP contribution < -0.4 is 5.48 Å². The first kappa shape index (κ1) is 10.4. The molecule has 3 nitrogen and oxygen atoms in total. The van der Waals surface area contributed by atoms with Gasteiger partial charge in [-0.05, 0) is 26.2 Å². The van der Waals surface area contributed by atoms with Crippen LogP contribution in [0.3, 0.4) is 0 Å². The lowest BCUT2D eigenvalue weighted by Gasteiger charge is -2.56. The average molecular weight is 199 g/mol. The van der Waals surface area contributed by atoms with Crippen molar-refractivity contribution in [1.82, 2.24) is 5.48 Å². The van der Waals surface area contributed by atoms with E-state index in [0.29, 0.717) is 6.10 Å². The molecule has 2 aliphatic carbocycles. The van der Waals surface area contributed by atoms with E-state index >= 15 is 0 Å². The van der Waals surface area contributed by atoms with Crippen LogP contribution in [0.2, 0.25) is 0 Å². The Kier molecular flexibility index (Phi) is 3.10. The van der Waals surface area contributed by atoms with E-state index in [4.69, 9.17) is 9.94 Å². The summed E-state index contributed by atoms with van der Waals surface area (Å²) in [6.07, 6.45) is 7.73. The summed E-state index contributed by atoms with van der Waals surface area (Å²) in [6.45, 7) is 2.85. The van der Waals surface area contributed by atoms with E-state index in [-0.39, 0.29) is 11.5 Å². The van der Waals surface area contributed by atoms with Gasteiger partial charge in [0.15, 0.2) is 0 Å². The minimum atomic E-state index is 0.253. The van der Waals surface area contributed by atoms with Crippen molar-refractivity contribution in [3.05, 3.63) is 0 Å². The highest BCUT2D eigenvalue weighted by molar-refractivity contribution is 5.07. The molecular weight excluding hydrogens is 178 g/mol. The molecule has 14 heavy (non-hydrogen) atoms. The number of hydroxylamine groups is 1. The highest BCUT2D eigenvalue weighted by Crippen LogP contribution is 2.53. The van der Waals surface area contributed by atoms with Crippen LogP contribution in [0.5, 0.6) is 0 Å². The minimum absolute atomic E-state index is 0.253. The molecule has 0 bridgehead atoms. The van der Waals surface area contributed by atoms with E-state index in [1.807, 2.05) is 0 Å². The molecule has 0 aromatic rings. The van der Waals surface area contributed by atoms with Crippen molar-refractivity contribution in [3.63, 3.8) is 0 Å². The van der Waals surface area contributed by atoms with Crippen molar-refractivity contribution < 1.29 is 9.94 Å². The topological polar surface area (TPSA) is 41.5 Å². The third kappa shape index (κ3) is 1.47. The van der Waals surface area contributed by atoms with Gasteiger partial charge in [0.1, 0.15) is 0 Å². The Balaban J connectivity index is 2.01. The average Bonchev–Trinajstić information content (AvgIpc) is 2.25. The zero-order valence-corrected chi connectivity index (χ0v) is 8.96. The van der Waals surface area contributed by atoms with Crippen molar-refractivity contribution in [2.24, 2.45) is 5.41 Å². The fraction of sp³-hybridized carbons (Fsp3) is 1.00. The maximum atomic E-state index is 9.08. The Hall–Kier alpha value is -0.120. The lowest BCUT2D eigenvalue weighted by molar-refractivity contribution is -0.173. The van der Waals surface area contributed by atoms with Gasteiger partial charge in [0.2, 0.25) is 0 Å². The lowest BCUT2D eigenvalue weighted by atomic mass is 9.55. The third-order valence-corrected chi connectivity index (χ3v) is 4.09. The van der Waals surface area contributed by atoms with Gasteiger partial charge in [0.05, 0.1) is 6.10 Å². The SMILES string of the molecule is CCOC1CC(NO)C12CCCCC2. The molecule has 2 aliphatic rings. The van der Waals surface area contributed by atoms with Gasteiger partial charge in [-0.15, -0.1) is 0 Å². The van der Waals surface area contributed by atoms with Crippen molar-refractivity contribution in [3.8, 4) is 0 Å². The molecule has 2 saturated carbocycles. The van der Waals surface area contributed by atoms with Crippen LogP contribution in [0.4, 0.5) is 0 Å². The van der Waals surface area contributed by atoms with E-state index in [9.17, 15) is 0 Å². The molecule has 3 heteroatoms. The van der Waals surface area contributed by atoms with Crippen molar-refractivity contribution in [2.45, 2.75) is 57.6 Å². The van der Waals surface area contributed by atoms with Gasteiger partial charge in [-0.1, -0.05) is 19.3 Å². The summed E-state index contributed by atoms with van der Waals surface area (Å²) in [7, 11) is 0. The first-order valence-electron chi connectivity index (χ1n) is 5.84. The number of rotatable bonds is 3. The van der Waals surface area contributed by atoms with Crippen LogP contribution in [-0.2, 0) is 4.74 Å². The predicted octanol–water partition coefficient (Wildman–Crippen LogP) is 2.09. The molecule has 0 amide bonds. The molecule has 2 N–H and O–H groups in total. The Labute approximate surface area is 85.8 Å². The summed E-state index contributed by atoms with van der Waals surface area (Å²) in [4.78, 5) is 0.